The molecule has 0 atom stereocenters. The van der Waals surface area contributed by atoms with Gasteiger partial charge in [-0.05, 0) is 38.0 Å². The van der Waals surface area contributed by atoms with E-state index in [1.807, 2.05) is 11.8 Å². The summed E-state index contributed by atoms with van der Waals surface area (Å²) < 4.78 is 19.2. The minimum atomic E-state index is -0.268. The molecule has 2 aromatic rings. The number of aliphatic imine (C=N–C) groups is 1. The van der Waals surface area contributed by atoms with E-state index >= 15 is 0 Å². The van der Waals surface area contributed by atoms with Crippen LogP contribution in [0.1, 0.15) is 31.1 Å². The van der Waals surface area contributed by atoms with Gasteiger partial charge in [0, 0.05) is 44.1 Å². The molecule has 0 aliphatic carbocycles. The highest BCUT2D eigenvalue weighted by molar-refractivity contribution is 14.0. The lowest BCUT2D eigenvalue weighted by molar-refractivity contribution is -0.129. The van der Waals surface area contributed by atoms with Crippen LogP contribution in [0.4, 0.5) is 4.39 Å². The van der Waals surface area contributed by atoms with E-state index in [-0.39, 0.29) is 41.7 Å². The van der Waals surface area contributed by atoms with Crippen LogP contribution >= 0.6 is 24.0 Å². The SMILES string of the molecule is CN=C(NCc1oc2ccc(F)cc2c1C)NC1CCN(C(C)=O)CC1.I. The van der Waals surface area contributed by atoms with Crippen molar-refractivity contribution in [3.05, 3.63) is 35.3 Å². The average molecular weight is 488 g/mol. The molecule has 2 N–H and O–H groups in total. The number of hydrogen-bond donors (Lipinski definition) is 2. The quantitative estimate of drug-likeness (QED) is 0.396. The van der Waals surface area contributed by atoms with Crippen LogP contribution in [0, 0.1) is 12.7 Å². The van der Waals surface area contributed by atoms with Crippen LogP contribution in [0.5, 0.6) is 0 Å². The van der Waals surface area contributed by atoms with Crippen molar-refractivity contribution in [1.82, 2.24) is 15.5 Å². The Morgan fingerprint density at radius 2 is 2.07 bits per heavy atom. The van der Waals surface area contributed by atoms with Crippen molar-refractivity contribution in [2.24, 2.45) is 4.99 Å². The van der Waals surface area contributed by atoms with Crippen LogP contribution in [-0.2, 0) is 11.3 Å². The largest absolute Gasteiger partial charge is 0.459 e. The zero-order chi connectivity index (χ0) is 18.7. The molecule has 148 valence electrons. The molecule has 1 fully saturated rings. The van der Waals surface area contributed by atoms with Crippen LogP contribution in [0.25, 0.3) is 11.0 Å². The number of fused-ring (bicyclic) bond motifs is 1. The third-order valence-electron chi connectivity index (χ3n) is 4.92. The molecule has 0 saturated carbocycles. The summed E-state index contributed by atoms with van der Waals surface area (Å²) in [5, 5.41) is 7.44. The Labute approximate surface area is 175 Å². The number of furan rings is 1. The Hall–Kier alpha value is -1.84. The maximum Gasteiger partial charge on any atom is 0.219 e. The lowest BCUT2D eigenvalue weighted by Gasteiger charge is -2.32. The van der Waals surface area contributed by atoms with Crippen LogP contribution < -0.4 is 10.6 Å². The van der Waals surface area contributed by atoms with Crippen LogP contribution in [0.2, 0.25) is 0 Å². The lowest BCUT2D eigenvalue weighted by atomic mass is 10.1. The number of amides is 1. The summed E-state index contributed by atoms with van der Waals surface area (Å²) in [5.74, 6) is 1.32. The molecule has 0 radical (unpaired) electrons. The predicted molar refractivity (Wildman–Crippen MR) is 115 cm³/mol. The first-order valence-corrected chi connectivity index (χ1v) is 8.88. The topological polar surface area (TPSA) is 69.9 Å². The Kier molecular flexibility index (Phi) is 7.46. The zero-order valence-electron chi connectivity index (χ0n) is 15.8. The van der Waals surface area contributed by atoms with Crippen molar-refractivity contribution >= 4 is 46.8 Å². The van der Waals surface area contributed by atoms with E-state index in [1.165, 1.54) is 12.1 Å². The van der Waals surface area contributed by atoms with Gasteiger partial charge in [0.1, 0.15) is 17.2 Å². The molecule has 0 bridgehead atoms. The standard InChI is InChI=1S/C19H25FN4O2.HI/c1-12-16-10-14(20)4-5-17(16)26-18(12)11-22-19(21-3)23-15-6-8-24(9-7-15)13(2)25;/h4-5,10,15H,6-9,11H2,1-3H3,(H2,21,22,23);1H. The van der Waals surface area contributed by atoms with Crippen molar-refractivity contribution in [1.29, 1.82) is 0 Å². The van der Waals surface area contributed by atoms with E-state index in [0.29, 0.717) is 18.1 Å². The van der Waals surface area contributed by atoms with Crippen molar-refractivity contribution in [2.75, 3.05) is 20.1 Å². The predicted octanol–water partition coefficient (Wildman–Crippen LogP) is 3.17. The molecule has 0 unspecified atom stereocenters. The number of nitrogens with one attached hydrogen (secondary N) is 2. The summed E-state index contributed by atoms with van der Waals surface area (Å²) in [6.07, 6.45) is 1.78. The highest BCUT2D eigenvalue weighted by Crippen LogP contribution is 2.25. The van der Waals surface area contributed by atoms with Gasteiger partial charge in [-0.25, -0.2) is 4.39 Å². The van der Waals surface area contributed by atoms with Gasteiger partial charge in [-0.15, -0.1) is 24.0 Å². The fourth-order valence-corrected chi connectivity index (χ4v) is 3.30. The monoisotopic (exact) mass is 488 g/mol. The molecule has 1 aromatic heterocycles. The Bertz CT molecular complexity index is 828. The Morgan fingerprint density at radius 3 is 2.70 bits per heavy atom. The summed E-state index contributed by atoms with van der Waals surface area (Å²) in [6, 6.07) is 4.82. The van der Waals surface area contributed by atoms with Crippen molar-refractivity contribution in [2.45, 2.75) is 39.3 Å². The number of guanidine groups is 1. The van der Waals surface area contributed by atoms with Gasteiger partial charge in [-0.3, -0.25) is 9.79 Å². The molecule has 1 aliphatic rings. The fraction of sp³-hybridized carbons (Fsp3) is 0.474. The van der Waals surface area contributed by atoms with Gasteiger partial charge in [0.2, 0.25) is 5.91 Å². The molecular weight excluding hydrogens is 462 g/mol. The highest BCUT2D eigenvalue weighted by atomic mass is 127. The van der Waals surface area contributed by atoms with Crippen LogP contribution in [-0.4, -0.2) is 42.9 Å². The number of rotatable bonds is 3. The number of hydrogen-bond acceptors (Lipinski definition) is 3. The first-order chi connectivity index (χ1) is 12.5. The Morgan fingerprint density at radius 1 is 1.37 bits per heavy atom. The van der Waals surface area contributed by atoms with Gasteiger partial charge in [0.15, 0.2) is 5.96 Å². The molecular formula is C19H26FIN4O2. The fourth-order valence-electron chi connectivity index (χ4n) is 3.30. The number of halogens is 2. The molecule has 1 amide bonds. The van der Waals surface area contributed by atoms with Gasteiger partial charge in [-0.1, -0.05) is 0 Å². The van der Waals surface area contributed by atoms with Gasteiger partial charge >= 0.3 is 0 Å². The van der Waals surface area contributed by atoms with E-state index in [0.717, 1.165) is 42.6 Å². The maximum atomic E-state index is 13.4. The molecule has 27 heavy (non-hydrogen) atoms. The van der Waals surface area contributed by atoms with Crippen LogP contribution in [0.15, 0.2) is 27.6 Å². The smallest absolute Gasteiger partial charge is 0.219 e. The third-order valence-corrected chi connectivity index (χ3v) is 4.92. The molecule has 0 spiro atoms. The number of likely N-dealkylation sites (tertiary alicyclic amines) is 1. The van der Waals surface area contributed by atoms with Crippen LogP contribution in [0.3, 0.4) is 0 Å². The lowest BCUT2D eigenvalue weighted by Crippen LogP contribution is -2.49. The summed E-state index contributed by atoms with van der Waals surface area (Å²) in [7, 11) is 1.72. The molecule has 3 rings (SSSR count). The first kappa shape index (κ1) is 21.5. The van der Waals surface area contributed by atoms with E-state index in [4.69, 9.17) is 4.42 Å². The highest BCUT2D eigenvalue weighted by Gasteiger charge is 2.21. The van der Waals surface area contributed by atoms with Crippen molar-refractivity contribution in [3.8, 4) is 0 Å². The van der Waals surface area contributed by atoms with Gasteiger partial charge in [0.05, 0.1) is 6.54 Å². The first-order valence-electron chi connectivity index (χ1n) is 8.88. The van der Waals surface area contributed by atoms with E-state index in [1.54, 1.807) is 20.0 Å². The molecule has 8 heteroatoms. The van der Waals surface area contributed by atoms with Crippen molar-refractivity contribution in [3.63, 3.8) is 0 Å². The number of carbonyl (C=O) groups excluding carboxylic acids is 1. The number of benzene rings is 1. The second-order valence-electron chi connectivity index (χ2n) is 6.64. The average Bonchev–Trinajstić information content (AvgIpc) is 2.94. The van der Waals surface area contributed by atoms with E-state index in [2.05, 4.69) is 15.6 Å². The van der Waals surface area contributed by atoms with Crippen molar-refractivity contribution < 1.29 is 13.6 Å². The maximum absolute atomic E-state index is 13.4. The summed E-state index contributed by atoms with van der Waals surface area (Å²) in [4.78, 5) is 17.5. The van der Waals surface area contributed by atoms with Gasteiger partial charge in [0.25, 0.3) is 0 Å². The minimum absolute atomic E-state index is 0. The molecule has 2 heterocycles. The van der Waals surface area contributed by atoms with E-state index < -0.39 is 0 Å². The number of carbonyl (C=O) groups is 1. The molecule has 1 saturated heterocycles. The summed E-state index contributed by atoms with van der Waals surface area (Å²) in [6.45, 7) is 5.52. The van der Waals surface area contributed by atoms with Gasteiger partial charge in [-0.2, -0.15) is 0 Å². The van der Waals surface area contributed by atoms with E-state index in [9.17, 15) is 9.18 Å². The second-order valence-corrected chi connectivity index (χ2v) is 6.64. The van der Waals surface area contributed by atoms with Gasteiger partial charge < -0.3 is 20.0 Å². The molecule has 1 aliphatic heterocycles. The second kappa shape index (κ2) is 9.38. The summed E-state index contributed by atoms with van der Waals surface area (Å²) in [5.41, 5.74) is 1.61. The minimum Gasteiger partial charge on any atom is -0.459 e. The Balaban J connectivity index is 0.00000261. The normalized spacial score (nSPS) is 15.6. The molecule has 6 nitrogen and oxygen atoms in total. The summed E-state index contributed by atoms with van der Waals surface area (Å²) >= 11 is 0. The number of nitrogens with zero attached hydrogens (tertiary/aromatic N) is 2. The number of aryl methyl sites for hydroxylation is 1. The third kappa shape index (κ3) is 5.12. The number of piperidine rings is 1. The zero-order valence-corrected chi connectivity index (χ0v) is 18.2. The molecule has 1 aromatic carbocycles.